The van der Waals surface area contributed by atoms with Crippen LogP contribution in [0.3, 0.4) is 0 Å². The van der Waals surface area contributed by atoms with Crippen LogP contribution in [0.15, 0.2) is 18.2 Å². The maximum Gasteiger partial charge on any atom is 0.0637 e. The van der Waals surface area contributed by atoms with E-state index < -0.39 is 0 Å². The van der Waals surface area contributed by atoms with Crippen molar-refractivity contribution < 1.29 is 5.11 Å². The molecule has 0 bridgehead atoms. The Bertz CT molecular complexity index is 380. The van der Waals surface area contributed by atoms with Gasteiger partial charge in [-0.05, 0) is 36.8 Å². The van der Waals surface area contributed by atoms with Crippen LogP contribution in [0.4, 0.5) is 0 Å². The summed E-state index contributed by atoms with van der Waals surface area (Å²) >= 11 is 12.1. The van der Waals surface area contributed by atoms with Crippen molar-refractivity contribution in [2.45, 2.75) is 31.8 Å². The molecule has 0 spiro atoms. The topological polar surface area (TPSA) is 32.3 Å². The molecule has 1 fully saturated rings. The lowest BCUT2D eigenvalue weighted by Crippen LogP contribution is -2.31. The second-order valence-electron chi connectivity index (χ2n) is 4.55. The minimum atomic E-state index is 0.234. The first-order valence-electron chi connectivity index (χ1n) is 5.99. The van der Waals surface area contributed by atoms with Gasteiger partial charge in [-0.1, -0.05) is 35.3 Å². The second kappa shape index (κ2) is 6.05. The zero-order valence-corrected chi connectivity index (χ0v) is 11.1. The lowest BCUT2D eigenvalue weighted by atomic mass is 10.1. The van der Waals surface area contributed by atoms with Crippen LogP contribution in [0.5, 0.6) is 0 Å². The Morgan fingerprint density at radius 3 is 2.76 bits per heavy atom. The molecule has 0 heterocycles. The molecule has 2 N–H and O–H groups in total. The minimum absolute atomic E-state index is 0.234. The highest BCUT2D eigenvalue weighted by Gasteiger charge is 2.30. The number of benzene rings is 1. The normalized spacial score (nSPS) is 17.1. The highest BCUT2D eigenvalue weighted by atomic mass is 35.5. The standard InChI is InChI=1S/C13H17Cl2NO/c14-11-3-1-2-10(13(11)15)8-16-12(6-7-17)9-4-5-9/h1-3,9,12,16-17H,4-8H2. The molecule has 1 unspecified atom stereocenters. The number of halogens is 2. The summed E-state index contributed by atoms with van der Waals surface area (Å²) < 4.78 is 0. The molecule has 1 aliphatic rings. The van der Waals surface area contributed by atoms with Gasteiger partial charge in [0.25, 0.3) is 0 Å². The number of nitrogens with one attached hydrogen (secondary N) is 1. The van der Waals surface area contributed by atoms with E-state index >= 15 is 0 Å². The van der Waals surface area contributed by atoms with E-state index in [4.69, 9.17) is 28.3 Å². The predicted molar refractivity (Wildman–Crippen MR) is 71.5 cm³/mol. The highest BCUT2D eigenvalue weighted by Crippen LogP contribution is 2.34. The van der Waals surface area contributed by atoms with Crippen molar-refractivity contribution in [3.8, 4) is 0 Å². The highest BCUT2D eigenvalue weighted by molar-refractivity contribution is 6.42. The quantitative estimate of drug-likeness (QED) is 0.834. The molecule has 4 heteroatoms. The van der Waals surface area contributed by atoms with Crippen LogP contribution in [0.25, 0.3) is 0 Å². The van der Waals surface area contributed by atoms with Crippen molar-refractivity contribution in [2.24, 2.45) is 5.92 Å². The van der Waals surface area contributed by atoms with Gasteiger partial charge in [-0.3, -0.25) is 0 Å². The molecule has 1 aromatic rings. The Morgan fingerprint density at radius 2 is 2.12 bits per heavy atom. The molecular formula is C13H17Cl2NO. The van der Waals surface area contributed by atoms with Gasteiger partial charge >= 0.3 is 0 Å². The van der Waals surface area contributed by atoms with E-state index in [9.17, 15) is 0 Å². The summed E-state index contributed by atoms with van der Waals surface area (Å²) in [4.78, 5) is 0. The van der Waals surface area contributed by atoms with Crippen molar-refractivity contribution in [1.29, 1.82) is 0 Å². The van der Waals surface area contributed by atoms with E-state index in [0.717, 1.165) is 17.9 Å². The van der Waals surface area contributed by atoms with E-state index in [1.54, 1.807) is 6.07 Å². The van der Waals surface area contributed by atoms with E-state index in [2.05, 4.69) is 5.32 Å². The molecule has 17 heavy (non-hydrogen) atoms. The van der Waals surface area contributed by atoms with Gasteiger partial charge in [0.15, 0.2) is 0 Å². The largest absolute Gasteiger partial charge is 0.396 e. The summed E-state index contributed by atoms with van der Waals surface area (Å²) in [6.45, 7) is 0.942. The molecule has 0 amide bonds. The maximum absolute atomic E-state index is 9.02. The molecule has 2 rings (SSSR count). The predicted octanol–water partition coefficient (Wildman–Crippen LogP) is 3.24. The molecule has 1 saturated carbocycles. The van der Waals surface area contributed by atoms with Gasteiger partial charge in [0.1, 0.15) is 0 Å². The van der Waals surface area contributed by atoms with Crippen LogP contribution in [-0.4, -0.2) is 17.8 Å². The van der Waals surface area contributed by atoms with E-state index in [-0.39, 0.29) is 6.61 Å². The van der Waals surface area contributed by atoms with Crippen LogP contribution in [0.2, 0.25) is 10.0 Å². The van der Waals surface area contributed by atoms with Crippen molar-refractivity contribution in [3.05, 3.63) is 33.8 Å². The average molecular weight is 274 g/mol. The first-order valence-corrected chi connectivity index (χ1v) is 6.75. The third-order valence-corrected chi connectivity index (χ3v) is 4.08. The Hall–Kier alpha value is -0.280. The zero-order chi connectivity index (χ0) is 12.3. The monoisotopic (exact) mass is 273 g/mol. The maximum atomic E-state index is 9.02. The van der Waals surface area contributed by atoms with Gasteiger partial charge in [0.05, 0.1) is 10.0 Å². The van der Waals surface area contributed by atoms with Crippen molar-refractivity contribution in [1.82, 2.24) is 5.32 Å². The van der Waals surface area contributed by atoms with E-state index in [1.807, 2.05) is 12.1 Å². The molecule has 1 atom stereocenters. The Labute approximate surface area is 112 Å². The van der Waals surface area contributed by atoms with Gasteiger partial charge in [0, 0.05) is 19.2 Å². The first-order chi connectivity index (χ1) is 8.22. The summed E-state index contributed by atoms with van der Waals surface area (Å²) in [6.07, 6.45) is 3.34. The Balaban J connectivity index is 1.93. The first kappa shape index (κ1) is 13.2. The van der Waals surface area contributed by atoms with Gasteiger partial charge in [-0.15, -0.1) is 0 Å². The van der Waals surface area contributed by atoms with Crippen molar-refractivity contribution >= 4 is 23.2 Å². The van der Waals surface area contributed by atoms with Crippen LogP contribution in [0, 0.1) is 5.92 Å². The van der Waals surface area contributed by atoms with Gasteiger partial charge in [-0.25, -0.2) is 0 Å². The number of hydrogen-bond acceptors (Lipinski definition) is 2. The fourth-order valence-corrected chi connectivity index (χ4v) is 2.46. The minimum Gasteiger partial charge on any atom is -0.396 e. The average Bonchev–Trinajstić information content (AvgIpc) is 3.13. The van der Waals surface area contributed by atoms with Crippen LogP contribution in [0.1, 0.15) is 24.8 Å². The summed E-state index contributed by atoms with van der Waals surface area (Å²) in [5.74, 6) is 0.722. The van der Waals surface area contributed by atoms with Gasteiger partial charge < -0.3 is 10.4 Å². The molecule has 1 aromatic carbocycles. The molecular weight excluding hydrogens is 257 g/mol. The summed E-state index contributed by atoms with van der Waals surface area (Å²) in [5.41, 5.74) is 1.02. The summed E-state index contributed by atoms with van der Waals surface area (Å²) in [6, 6.07) is 6.07. The molecule has 2 nitrogen and oxygen atoms in total. The van der Waals surface area contributed by atoms with Gasteiger partial charge in [0.2, 0.25) is 0 Å². The van der Waals surface area contributed by atoms with Crippen LogP contribution in [-0.2, 0) is 6.54 Å². The number of aliphatic hydroxyl groups excluding tert-OH is 1. The molecule has 0 saturated heterocycles. The van der Waals surface area contributed by atoms with Crippen molar-refractivity contribution in [2.75, 3.05) is 6.61 Å². The number of rotatable bonds is 6. The third kappa shape index (κ3) is 3.59. The summed E-state index contributed by atoms with van der Waals surface area (Å²) in [7, 11) is 0. The number of hydrogen-bond donors (Lipinski definition) is 2. The Kier molecular flexibility index (Phi) is 4.69. The third-order valence-electron chi connectivity index (χ3n) is 3.22. The van der Waals surface area contributed by atoms with Crippen LogP contribution < -0.4 is 5.32 Å². The molecule has 94 valence electrons. The number of aliphatic hydroxyl groups is 1. The Morgan fingerprint density at radius 1 is 1.35 bits per heavy atom. The molecule has 0 aliphatic heterocycles. The lowest BCUT2D eigenvalue weighted by Gasteiger charge is -2.17. The molecule has 0 radical (unpaired) electrons. The van der Waals surface area contributed by atoms with E-state index in [0.29, 0.717) is 22.6 Å². The second-order valence-corrected chi connectivity index (χ2v) is 5.34. The zero-order valence-electron chi connectivity index (χ0n) is 9.63. The van der Waals surface area contributed by atoms with E-state index in [1.165, 1.54) is 12.8 Å². The fourth-order valence-electron chi connectivity index (χ4n) is 2.07. The fraction of sp³-hybridized carbons (Fsp3) is 0.538. The molecule has 0 aromatic heterocycles. The van der Waals surface area contributed by atoms with Crippen LogP contribution >= 0.6 is 23.2 Å². The van der Waals surface area contributed by atoms with Gasteiger partial charge in [-0.2, -0.15) is 0 Å². The molecule has 1 aliphatic carbocycles. The smallest absolute Gasteiger partial charge is 0.0637 e. The van der Waals surface area contributed by atoms with Crippen molar-refractivity contribution in [3.63, 3.8) is 0 Å². The lowest BCUT2D eigenvalue weighted by molar-refractivity contribution is 0.256. The SMILES string of the molecule is OCCC(NCc1cccc(Cl)c1Cl)C1CC1. The summed E-state index contributed by atoms with van der Waals surface area (Å²) in [5, 5.41) is 13.7.